The molecule has 0 N–H and O–H groups in total. The summed E-state index contributed by atoms with van der Waals surface area (Å²) in [6.45, 7) is 0.600. The predicted octanol–water partition coefficient (Wildman–Crippen LogP) is 1.57. The third kappa shape index (κ3) is 1.72. The Bertz CT molecular complexity index is 549. The molecule has 2 fully saturated rings. The summed E-state index contributed by atoms with van der Waals surface area (Å²) in [5.74, 6) is 0.218. The molecule has 0 spiro atoms. The van der Waals surface area contributed by atoms with Crippen LogP contribution in [0.3, 0.4) is 0 Å². The minimum absolute atomic E-state index is 0.0879. The monoisotopic (exact) mass is 253 g/mol. The Balaban J connectivity index is 1.97. The number of carbonyl (C=O) groups excluding carboxylic acids is 1. The van der Waals surface area contributed by atoms with Gasteiger partial charge >= 0.3 is 0 Å². The maximum Gasteiger partial charge on any atom is 0.176 e. The van der Waals surface area contributed by atoms with Crippen molar-refractivity contribution in [2.24, 2.45) is 11.8 Å². The van der Waals surface area contributed by atoms with Crippen LogP contribution in [0.15, 0.2) is 23.8 Å². The zero-order chi connectivity index (χ0) is 13.4. The molecule has 2 heterocycles. The van der Waals surface area contributed by atoms with E-state index in [4.69, 9.17) is 5.26 Å². The largest absolute Gasteiger partial charge is 0.293 e. The molecule has 0 radical (unpaired) electrons. The number of Topliss-reactive ketones (excluding diaryl/α,β-unsaturated/α-hetero) is 1. The van der Waals surface area contributed by atoms with Gasteiger partial charge in [-0.25, -0.2) is 0 Å². The average molecular weight is 253 g/mol. The molecule has 0 aromatic rings. The molecule has 3 rings (SSSR count). The molecule has 3 aliphatic rings. The third-order valence-corrected chi connectivity index (χ3v) is 4.52. The molecule has 2 bridgehead atoms. The number of rotatable bonds is 2. The number of piperidine rings is 1. The fourth-order valence-corrected chi connectivity index (χ4v) is 3.76. The molecule has 2 saturated heterocycles. The van der Waals surface area contributed by atoms with Crippen LogP contribution in [0, 0.1) is 34.5 Å². The Labute approximate surface area is 112 Å². The summed E-state index contributed by atoms with van der Waals surface area (Å²) in [5.41, 5.74) is 0.892. The zero-order valence-electron chi connectivity index (χ0n) is 10.6. The van der Waals surface area contributed by atoms with E-state index in [1.807, 2.05) is 12.2 Å². The quantitative estimate of drug-likeness (QED) is 0.749. The van der Waals surface area contributed by atoms with E-state index in [-0.39, 0.29) is 29.7 Å². The van der Waals surface area contributed by atoms with Gasteiger partial charge < -0.3 is 0 Å². The highest BCUT2D eigenvalue weighted by Gasteiger charge is 2.54. The van der Waals surface area contributed by atoms with E-state index in [2.05, 4.69) is 23.1 Å². The van der Waals surface area contributed by atoms with Crippen molar-refractivity contribution in [3.63, 3.8) is 0 Å². The van der Waals surface area contributed by atoms with Gasteiger partial charge in [0, 0.05) is 30.5 Å². The highest BCUT2D eigenvalue weighted by Crippen LogP contribution is 2.45. The first-order valence-corrected chi connectivity index (χ1v) is 6.71. The Hall–Kier alpha value is -1.91. The van der Waals surface area contributed by atoms with E-state index in [0.29, 0.717) is 19.4 Å². The predicted molar refractivity (Wildman–Crippen MR) is 68.6 cm³/mol. The second-order valence-electron chi connectivity index (χ2n) is 5.38. The molecular weight excluding hydrogens is 238 g/mol. The van der Waals surface area contributed by atoms with Crippen molar-refractivity contribution in [2.45, 2.75) is 31.3 Å². The number of carbonyl (C=O) groups is 1. The van der Waals surface area contributed by atoms with Gasteiger partial charge in [-0.15, -0.1) is 0 Å². The van der Waals surface area contributed by atoms with E-state index >= 15 is 0 Å². The smallest absolute Gasteiger partial charge is 0.176 e. The second kappa shape index (κ2) is 4.64. The van der Waals surface area contributed by atoms with Gasteiger partial charge in [0.1, 0.15) is 0 Å². The lowest BCUT2D eigenvalue weighted by atomic mass is 9.78. The van der Waals surface area contributed by atoms with Crippen molar-refractivity contribution >= 4 is 5.78 Å². The number of allylic oxidation sites excluding steroid dienone is 3. The van der Waals surface area contributed by atoms with Crippen molar-refractivity contribution in [2.75, 3.05) is 6.54 Å². The number of ketones is 1. The Morgan fingerprint density at radius 3 is 3.00 bits per heavy atom. The van der Waals surface area contributed by atoms with Gasteiger partial charge in [0.25, 0.3) is 0 Å². The SMILES string of the molecule is N#CCCN1C2C[C@H](C#N)C1C1CC=CC=C1C2=O. The van der Waals surface area contributed by atoms with Crippen LogP contribution in [0.4, 0.5) is 0 Å². The summed E-state index contributed by atoms with van der Waals surface area (Å²) < 4.78 is 0. The van der Waals surface area contributed by atoms with E-state index < -0.39 is 0 Å². The first-order chi connectivity index (χ1) is 9.27. The van der Waals surface area contributed by atoms with Gasteiger partial charge in [-0.1, -0.05) is 18.2 Å². The Morgan fingerprint density at radius 2 is 2.26 bits per heavy atom. The minimum Gasteiger partial charge on any atom is -0.293 e. The molecule has 96 valence electrons. The summed E-state index contributed by atoms with van der Waals surface area (Å²) in [7, 11) is 0. The van der Waals surface area contributed by atoms with Crippen molar-refractivity contribution in [1.29, 1.82) is 10.5 Å². The lowest BCUT2D eigenvalue weighted by Gasteiger charge is -2.41. The van der Waals surface area contributed by atoms with Gasteiger partial charge in [0.2, 0.25) is 0 Å². The molecule has 0 amide bonds. The third-order valence-electron chi connectivity index (χ3n) is 4.52. The van der Waals surface area contributed by atoms with Crippen LogP contribution < -0.4 is 0 Å². The van der Waals surface area contributed by atoms with Gasteiger partial charge in [-0.2, -0.15) is 10.5 Å². The average Bonchev–Trinajstić information content (AvgIpc) is 2.76. The summed E-state index contributed by atoms with van der Waals surface area (Å²) in [4.78, 5) is 14.6. The summed E-state index contributed by atoms with van der Waals surface area (Å²) in [5, 5.41) is 18.1. The van der Waals surface area contributed by atoms with Gasteiger partial charge in [-0.3, -0.25) is 9.69 Å². The van der Waals surface area contributed by atoms with Crippen LogP contribution in [0.25, 0.3) is 0 Å². The summed E-state index contributed by atoms with van der Waals surface area (Å²) in [6.07, 6.45) is 7.79. The fourth-order valence-electron chi connectivity index (χ4n) is 3.76. The molecular formula is C15H15N3O. The molecule has 4 nitrogen and oxygen atoms in total. The Kier molecular flexibility index (Phi) is 2.97. The molecule has 4 atom stereocenters. The molecule has 0 aromatic carbocycles. The van der Waals surface area contributed by atoms with Crippen molar-refractivity contribution in [3.05, 3.63) is 23.8 Å². The zero-order valence-corrected chi connectivity index (χ0v) is 10.6. The van der Waals surface area contributed by atoms with Crippen molar-refractivity contribution in [1.82, 2.24) is 4.90 Å². The number of nitrogens with zero attached hydrogens (tertiary/aromatic N) is 3. The van der Waals surface area contributed by atoms with Crippen LogP contribution in [0.5, 0.6) is 0 Å². The lowest BCUT2D eigenvalue weighted by Crippen LogP contribution is -2.52. The number of hydrogen-bond donors (Lipinski definition) is 0. The van der Waals surface area contributed by atoms with Gasteiger partial charge in [0.05, 0.1) is 24.1 Å². The van der Waals surface area contributed by atoms with Crippen LogP contribution in [-0.2, 0) is 4.79 Å². The number of hydrogen-bond acceptors (Lipinski definition) is 4. The van der Waals surface area contributed by atoms with Gasteiger partial charge in [-0.05, 0) is 12.8 Å². The summed E-state index contributed by atoms with van der Waals surface area (Å²) >= 11 is 0. The molecule has 19 heavy (non-hydrogen) atoms. The fraction of sp³-hybridized carbons (Fsp3) is 0.533. The molecule has 3 unspecified atom stereocenters. The van der Waals surface area contributed by atoms with Crippen LogP contribution in [0.1, 0.15) is 19.3 Å². The van der Waals surface area contributed by atoms with Crippen molar-refractivity contribution in [3.8, 4) is 12.1 Å². The number of fused-ring (bicyclic) bond motifs is 4. The van der Waals surface area contributed by atoms with Crippen LogP contribution in [0.2, 0.25) is 0 Å². The van der Waals surface area contributed by atoms with Crippen LogP contribution >= 0.6 is 0 Å². The maximum absolute atomic E-state index is 12.5. The van der Waals surface area contributed by atoms with E-state index in [9.17, 15) is 10.1 Å². The second-order valence-corrected chi connectivity index (χ2v) is 5.38. The first-order valence-electron chi connectivity index (χ1n) is 6.71. The standard InChI is InChI=1S/C15H15N3O/c16-6-3-7-18-13-8-10(9-17)14(18)11-4-1-2-5-12(11)15(13)19/h1-2,5,10-11,13-14H,3-4,7-8H2/t10-,11?,13?,14?/m1/s1. The lowest BCUT2D eigenvalue weighted by molar-refractivity contribution is -0.123. The van der Waals surface area contributed by atoms with E-state index in [1.165, 1.54) is 0 Å². The van der Waals surface area contributed by atoms with Crippen LogP contribution in [-0.4, -0.2) is 29.3 Å². The molecule has 0 saturated carbocycles. The molecule has 4 heteroatoms. The van der Waals surface area contributed by atoms with E-state index in [1.54, 1.807) is 0 Å². The normalized spacial score (nSPS) is 36.3. The van der Waals surface area contributed by atoms with Gasteiger partial charge in [0.15, 0.2) is 5.78 Å². The Morgan fingerprint density at radius 1 is 1.42 bits per heavy atom. The highest BCUT2D eigenvalue weighted by molar-refractivity contribution is 6.02. The topological polar surface area (TPSA) is 67.9 Å². The van der Waals surface area contributed by atoms with Crippen molar-refractivity contribution < 1.29 is 4.79 Å². The number of nitriles is 2. The molecule has 2 aliphatic heterocycles. The first kappa shape index (κ1) is 12.1. The highest BCUT2D eigenvalue weighted by atomic mass is 16.1. The minimum atomic E-state index is -0.183. The molecule has 0 aromatic heterocycles. The maximum atomic E-state index is 12.5. The summed E-state index contributed by atoms with van der Waals surface area (Å²) in [6, 6.07) is 4.43. The van der Waals surface area contributed by atoms with E-state index in [0.717, 1.165) is 12.0 Å². The molecule has 1 aliphatic carbocycles.